The fourth-order valence-corrected chi connectivity index (χ4v) is 5.68. The summed E-state index contributed by atoms with van der Waals surface area (Å²) < 4.78 is 0. The highest BCUT2D eigenvalue weighted by atomic mass is 14.6. The molecule has 0 saturated heterocycles. The van der Waals surface area contributed by atoms with Gasteiger partial charge in [-0.3, -0.25) is 0 Å². The monoisotopic (exact) mass is 264 g/mol. The molecular formula is C20H24. The lowest BCUT2D eigenvalue weighted by molar-refractivity contribution is -0.00520. The summed E-state index contributed by atoms with van der Waals surface area (Å²) in [4.78, 5) is 0. The minimum absolute atomic E-state index is 0.478. The molecule has 20 heavy (non-hydrogen) atoms. The predicted molar refractivity (Wildman–Crippen MR) is 86.5 cm³/mol. The molecule has 4 aliphatic rings. The van der Waals surface area contributed by atoms with Crippen molar-refractivity contribution in [3.63, 3.8) is 0 Å². The van der Waals surface area contributed by atoms with Gasteiger partial charge in [0, 0.05) is 0 Å². The van der Waals surface area contributed by atoms with Crippen LogP contribution in [0.5, 0.6) is 0 Å². The first kappa shape index (κ1) is 12.4. The van der Waals surface area contributed by atoms with E-state index in [0.717, 1.165) is 17.8 Å². The molecule has 4 bridgehead atoms. The van der Waals surface area contributed by atoms with Crippen LogP contribution in [0.15, 0.2) is 31.4 Å². The van der Waals surface area contributed by atoms with Crippen LogP contribution in [0.1, 0.15) is 55.2 Å². The second kappa shape index (κ2) is 4.35. The summed E-state index contributed by atoms with van der Waals surface area (Å²) in [5, 5.41) is 0. The van der Waals surface area contributed by atoms with Gasteiger partial charge in [-0.1, -0.05) is 37.4 Å². The van der Waals surface area contributed by atoms with E-state index in [1.165, 1.54) is 49.7 Å². The summed E-state index contributed by atoms with van der Waals surface area (Å²) in [5.41, 5.74) is 4.57. The summed E-state index contributed by atoms with van der Waals surface area (Å²) >= 11 is 0. The average Bonchev–Trinajstić information content (AvgIpc) is 2.45. The molecule has 0 radical (unpaired) electrons. The highest BCUT2D eigenvalue weighted by Gasteiger charge is 2.51. The minimum atomic E-state index is 0.478. The van der Waals surface area contributed by atoms with E-state index in [4.69, 9.17) is 0 Å². The van der Waals surface area contributed by atoms with Crippen LogP contribution in [0.3, 0.4) is 0 Å². The molecule has 0 atom stereocenters. The van der Waals surface area contributed by atoms with Crippen LogP contribution in [0.4, 0.5) is 0 Å². The zero-order valence-corrected chi connectivity index (χ0v) is 12.3. The molecule has 0 heteroatoms. The maximum atomic E-state index is 3.96. The Bertz CT molecular complexity index is 502. The molecule has 0 unspecified atom stereocenters. The Labute approximate surface area is 122 Å². The summed E-state index contributed by atoms with van der Waals surface area (Å²) in [7, 11) is 0. The second-order valence-electron chi connectivity index (χ2n) is 7.49. The Morgan fingerprint density at radius 2 is 1.25 bits per heavy atom. The Kier molecular flexibility index (Phi) is 2.70. The van der Waals surface area contributed by atoms with Crippen molar-refractivity contribution in [3.8, 4) is 0 Å². The fraction of sp³-hybridized carbons (Fsp3) is 0.500. The molecule has 1 aromatic rings. The van der Waals surface area contributed by atoms with Gasteiger partial charge in [0.05, 0.1) is 0 Å². The van der Waals surface area contributed by atoms with Crippen molar-refractivity contribution >= 4 is 12.2 Å². The fourth-order valence-electron chi connectivity index (χ4n) is 5.68. The quantitative estimate of drug-likeness (QED) is 0.682. The molecule has 4 aliphatic carbocycles. The van der Waals surface area contributed by atoms with Gasteiger partial charge in [0.1, 0.15) is 0 Å². The van der Waals surface area contributed by atoms with Crippen LogP contribution in [0, 0.1) is 17.8 Å². The van der Waals surface area contributed by atoms with Crippen molar-refractivity contribution in [1.82, 2.24) is 0 Å². The molecule has 0 N–H and O–H groups in total. The summed E-state index contributed by atoms with van der Waals surface area (Å²) in [6.45, 7) is 7.92. The molecule has 0 spiro atoms. The van der Waals surface area contributed by atoms with Crippen molar-refractivity contribution in [2.24, 2.45) is 17.8 Å². The van der Waals surface area contributed by atoms with Gasteiger partial charge in [0.15, 0.2) is 0 Å². The molecule has 104 valence electrons. The zero-order valence-electron chi connectivity index (χ0n) is 12.3. The summed E-state index contributed by atoms with van der Waals surface area (Å²) in [6.07, 6.45) is 12.8. The molecule has 0 nitrogen and oxygen atoms in total. The van der Waals surface area contributed by atoms with Crippen LogP contribution < -0.4 is 0 Å². The highest BCUT2D eigenvalue weighted by molar-refractivity contribution is 5.58. The third-order valence-corrected chi connectivity index (χ3v) is 6.10. The van der Waals surface area contributed by atoms with E-state index in [0.29, 0.717) is 5.41 Å². The molecule has 0 aliphatic heterocycles. The van der Waals surface area contributed by atoms with Gasteiger partial charge in [-0.05, 0) is 84.5 Å². The third-order valence-electron chi connectivity index (χ3n) is 6.10. The van der Waals surface area contributed by atoms with Crippen LogP contribution in [0.25, 0.3) is 12.2 Å². The van der Waals surface area contributed by atoms with Gasteiger partial charge in [-0.2, -0.15) is 0 Å². The van der Waals surface area contributed by atoms with Gasteiger partial charge >= 0.3 is 0 Å². The maximum absolute atomic E-state index is 3.96. The molecule has 0 amide bonds. The molecule has 4 saturated carbocycles. The number of benzene rings is 1. The van der Waals surface area contributed by atoms with Crippen molar-refractivity contribution in [1.29, 1.82) is 0 Å². The van der Waals surface area contributed by atoms with Crippen LogP contribution in [0.2, 0.25) is 0 Å². The van der Waals surface area contributed by atoms with Gasteiger partial charge < -0.3 is 0 Å². The first-order valence-corrected chi connectivity index (χ1v) is 8.11. The van der Waals surface area contributed by atoms with E-state index in [1.807, 2.05) is 12.2 Å². The molecule has 4 fully saturated rings. The number of hydrogen-bond acceptors (Lipinski definition) is 0. The topological polar surface area (TPSA) is 0 Å². The molecule has 5 rings (SSSR count). The number of hydrogen-bond donors (Lipinski definition) is 0. The lowest BCUT2D eigenvalue weighted by Gasteiger charge is -2.57. The first-order chi connectivity index (χ1) is 9.70. The standard InChI is InChI=1S/C20H24/c1-3-14-5-15(4-2)10-19(9-14)20-11-16-6-17(12-20)8-18(7-16)13-20/h3-5,9-10,16-18H,1-2,6-8,11-13H2. The lowest BCUT2D eigenvalue weighted by Crippen LogP contribution is -2.48. The largest absolute Gasteiger partial charge is 0.0985 e. The van der Waals surface area contributed by atoms with Gasteiger partial charge in [-0.15, -0.1) is 0 Å². The Morgan fingerprint density at radius 1 is 0.800 bits per heavy atom. The molecular weight excluding hydrogens is 240 g/mol. The van der Waals surface area contributed by atoms with Gasteiger partial charge in [-0.25, -0.2) is 0 Å². The van der Waals surface area contributed by atoms with Gasteiger partial charge in [0.2, 0.25) is 0 Å². The van der Waals surface area contributed by atoms with Crippen molar-refractivity contribution < 1.29 is 0 Å². The first-order valence-electron chi connectivity index (χ1n) is 8.11. The Balaban J connectivity index is 1.80. The van der Waals surface area contributed by atoms with E-state index in [2.05, 4.69) is 31.4 Å². The summed E-state index contributed by atoms with van der Waals surface area (Å²) in [6, 6.07) is 6.99. The minimum Gasteiger partial charge on any atom is -0.0985 e. The van der Waals surface area contributed by atoms with E-state index in [1.54, 1.807) is 5.56 Å². The van der Waals surface area contributed by atoms with E-state index < -0.39 is 0 Å². The highest BCUT2D eigenvalue weighted by Crippen LogP contribution is 2.60. The Morgan fingerprint density at radius 3 is 1.65 bits per heavy atom. The zero-order chi connectivity index (χ0) is 13.7. The summed E-state index contributed by atoms with van der Waals surface area (Å²) in [5.74, 6) is 3.00. The maximum Gasteiger partial charge on any atom is -0.00386 e. The molecule has 1 aromatic carbocycles. The normalized spacial score (nSPS) is 37.9. The van der Waals surface area contributed by atoms with Crippen molar-refractivity contribution in [2.75, 3.05) is 0 Å². The second-order valence-corrected chi connectivity index (χ2v) is 7.49. The average molecular weight is 264 g/mol. The van der Waals surface area contributed by atoms with Crippen molar-refractivity contribution in [3.05, 3.63) is 48.0 Å². The van der Waals surface area contributed by atoms with Crippen LogP contribution in [-0.2, 0) is 5.41 Å². The number of rotatable bonds is 3. The molecule has 0 aromatic heterocycles. The van der Waals surface area contributed by atoms with E-state index in [9.17, 15) is 0 Å². The van der Waals surface area contributed by atoms with Crippen LogP contribution >= 0.6 is 0 Å². The Hall–Kier alpha value is -1.30. The molecule has 0 heterocycles. The van der Waals surface area contributed by atoms with E-state index >= 15 is 0 Å². The van der Waals surface area contributed by atoms with Gasteiger partial charge in [0.25, 0.3) is 0 Å². The third kappa shape index (κ3) is 1.81. The van der Waals surface area contributed by atoms with Crippen LogP contribution in [-0.4, -0.2) is 0 Å². The van der Waals surface area contributed by atoms with Crippen molar-refractivity contribution in [2.45, 2.75) is 43.9 Å². The van der Waals surface area contributed by atoms with E-state index in [-0.39, 0.29) is 0 Å². The lowest BCUT2D eigenvalue weighted by atomic mass is 9.48. The smallest absolute Gasteiger partial charge is 0.00386 e. The predicted octanol–water partition coefficient (Wildman–Crippen LogP) is 5.44. The SMILES string of the molecule is C=Cc1cc(C=C)cc(C23CC4CC(CC(C4)C2)C3)c1.